The highest BCUT2D eigenvalue weighted by Crippen LogP contribution is 2.70. The van der Waals surface area contributed by atoms with E-state index in [2.05, 4.69) is 45.2 Å². The van der Waals surface area contributed by atoms with E-state index in [9.17, 15) is 8.42 Å². The van der Waals surface area contributed by atoms with Gasteiger partial charge in [-0.15, -0.1) is 0 Å². The molecule has 0 aliphatic rings. The first kappa shape index (κ1) is 23.7. The van der Waals surface area contributed by atoms with E-state index in [-0.39, 0.29) is 4.90 Å². The third-order valence-corrected chi connectivity index (χ3v) is 11.5. The van der Waals surface area contributed by atoms with E-state index in [1.54, 1.807) is 24.3 Å². The molecule has 0 aromatic heterocycles. The minimum Gasteiger partial charge on any atom is -0.203 e. The third-order valence-electron chi connectivity index (χ3n) is 4.87. The van der Waals surface area contributed by atoms with Gasteiger partial charge in [-0.3, -0.25) is 0 Å². The number of hydrogen-bond donors (Lipinski definition) is 0. The first-order chi connectivity index (χ1) is 15.3. The molecule has 0 atom stereocenters. The second-order valence-electron chi connectivity index (χ2n) is 7.11. The van der Waals surface area contributed by atoms with Crippen molar-refractivity contribution in [1.29, 1.82) is 0 Å². The molecule has 32 heavy (non-hydrogen) atoms. The Balaban J connectivity index is 2.01. The zero-order valence-electron chi connectivity index (χ0n) is 17.1. The highest BCUT2D eigenvalue weighted by molar-refractivity contribution is 14.1. The first-order valence-electron chi connectivity index (χ1n) is 9.74. The van der Waals surface area contributed by atoms with E-state index >= 15 is 0 Å². The van der Waals surface area contributed by atoms with Gasteiger partial charge in [-0.25, -0.2) is 3.63 Å². The van der Waals surface area contributed by atoms with Crippen LogP contribution in [0.1, 0.15) is 5.56 Å². The van der Waals surface area contributed by atoms with Gasteiger partial charge in [-0.05, 0) is 135 Å². The van der Waals surface area contributed by atoms with Gasteiger partial charge in [-0.1, -0.05) is 35.9 Å². The second kappa shape index (κ2) is 9.84. The van der Waals surface area contributed by atoms with Crippen LogP contribution in [0.2, 0.25) is 0 Å². The number of rotatable bonds is 6. The zero-order chi connectivity index (χ0) is 22.8. The first-order valence-corrected chi connectivity index (χ1v) is 14.9. The smallest absolute Gasteiger partial charge is 0.203 e. The van der Waals surface area contributed by atoms with Gasteiger partial charge in [0.2, 0.25) is 0 Å². The Labute approximate surface area is 218 Å². The molecule has 0 amide bonds. The van der Waals surface area contributed by atoms with Crippen LogP contribution in [0.3, 0.4) is 0 Å². The summed E-state index contributed by atoms with van der Waals surface area (Å²) in [7, 11) is -6.64. The summed E-state index contributed by atoms with van der Waals surface area (Å²) in [6, 6.07) is 32.2. The minimum absolute atomic E-state index is 0.145. The van der Waals surface area contributed by atoms with Crippen molar-refractivity contribution in [3.63, 3.8) is 0 Å². The molecule has 0 bridgehead atoms. The summed E-state index contributed by atoms with van der Waals surface area (Å²) in [6.45, 7) is 1.92. The lowest BCUT2D eigenvalue weighted by atomic mass is 10.2. The molecule has 0 aliphatic heterocycles. The van der Waals surface area contributed by atoms with Crippen molar-refractivity contribution in [2.75, 3.05) is 0 Å². The lowest BCUT2D eigenvalue weighted by Crippen LogP contribution is -2.14. The molecule has 4 aromatic rings. The number of halogens is 2. The molecule has 4 rings (SSSR count). The molecule has 0 saturated carbocycles. The van der Waals surface area contributed by atoms with E-state index in [0.717, 1.165) is 27.4 Å². The number of hydrogen-bond acceptors (Lipinski definition) is 3. The Hall–Kier alpha value is -1.40. The van der Waals surface area contributed by atoms with Crippen LogP contribution >= 0.6 is 55.5 Å². The van der Waals surface area contributed by atoms with Crippen LogP contribution in [0.25, 0.3) is 0 Å². The molecule has 0 heterocycles. The molecule has 0 fully saturated rings. The SMILES string of the molecule is Cc1ccc(S(=O)(=O)OS(c2ccccc2)(c2ccc(I)cc2)c2ccc(I)cc2)cc1. The minimum atomic E-state index is -4.07. The van der Waals surface area contributed by atoms with Crippen LogP contribution in [0.15, 0.2) is 123 Å². The van der Waals surface area contributed by atoms with Crippen molar-refractivity contribution in [1.82, 2.24) is 0 Å². The van der Waals surface area contributed by atoms with Crippen molar-refractivity contribution >= 4 is 65.6 Å². The summed E-state index contributed by atoms with van der Waals surface area (Å²) in [6.07, 6.45) is 0. The van der Waals surface area contributed by atoms with Crippen LogP contribution in [0.5, 0.6) is 0 Å². The number of aryl methyl sites for hydroxylation is 1. The van der Waals surface area contributed by atoms with Crippen LogP contribution < -0.4 is 0 Å². The maximum atomic E-state index is 13.6. The summed E-state index contributed by atoms with van der Waals surface area (Å²) in [5.41, 5.74) is 0.987. The van der Waals surface area contributed by atoms with E-state index < -0.39 is 20.4 Å². The topological polar surface area (TPSA) is 43.4 Å². The molecule has 4 aromatic carbocycles. The Morgan fingerprint density at radius 1 is 0.562 bits per heavy atom. The molecule has 7 heteroatoms. The van der Waals surface area contributed by atoms with E-state index in [0.29, 0.717) is 0 Å². The predicted octanol–water partition coefficient (Wildman–Crippen LogP) is 7.81. The summed E-state index contributed by atoms with van der Waals surface area (Å²) < 4.78 is 35.7. The van der Waals surface area contributed by atoms with Crippen molar-refractivity contribution in [3.05, 3.63) is 116 Å². The van der Waals surface area contributed by atoms with Gasteiger partial charge in [0.05, 0.1) is 4.90 Å². The van der Waals surface area contributed by atoms with Gasteiger partial charge in [0.25, 0.3) is 0 Å². The largest absolute Gasteiger partial charge is 0.307 e. The van der Waals surface area contributed by atoms with Gasteiger partial charge in [0.15, 0.2) is 0 Å². The molecule has 0 spiro atoms. The van der Waals surface area contributed by atoms with Crippen LogP contribution in [0.4, 0.5) is 0 Å². The van der Waals surface area contributed by atoms with Crippen molar-refractivity contribution in [2.45, 2.75) is 26.5 Å². The van der Waals surface area contributed by atoms with Gasteiger partial charge in [0.1, 0.15) is 0 Å². The van der Waals surface area contributed by atoms with Gasteiger partial charge >= 0.3 is 10.1 Å². The fourth-order valence-corrected chi connectivity index (χ4v) is 9.19. The summed E-state index contributed by atoms with van der Waals surface area (Å²) in [5, 5.41) is 0. The van der Waals surface area contributed by atoms with Crippen molar-refractivity contribution in [2.24, 2.45) is 0 Å². The Morgan fingerprint density at radius 2 is 0.969 bits per heavy atom. The fraction of sp³-hybridized carbons (Fsp3) is 0.0400. The highest BCUT2D eigenvalue weighted by Gasteiger charge is 2.38. The van der Waals surface area contributed by atoms with Crippen LogP contribution in [0, 0.1) is 14.1 Å². The van der Waals surface area contributed by atoms with E-state index in [1.165, 1.54) is 0 Å². The van der Waals surface area contributed by atoms with Crippen LogP contribution in [-0.4, -0.2) is 8.42 Å². The molecular weight excluding hydrogens is 666 g/mol. The Morgan fingerprint density at radius 3 is 1.44 bits per heavy atom. The second-order valence-corrected chi connectivity index (χ2v) is 14.1. The monoisotopic (exact) mass is 686 g/mol. The highest BCUT2D eigenvalue weighted by atomic mass is 127. The van der Waals surface area contributed by atoms with Crippen molar-refractivity contribution in [3.8, 4) is 0 Å². The number of benzene rings is 4. The zero-order valence-corrected chi connectivity index (χ0v) is 23.1. The van der Waals surface area contributed by atoms with E-state index in [4.69, 9.17) is 3.63 Å². The van der Waals surface area contributed by atoms with Crippen LogP contribution in [-0.2, 0) is 13.7 Å². The normalized spacial score (nSPS) is 12.5. The Kier molecular flexibility index (Phi) is 7.30. The van der Waals surface area contributed by atoms with Gasteiger partial charge in [-0.2, -0.15) is 8.42 Å². The molecule has 0 N–H and O–H groups in total. The molecule has 0 radical (unpaired) electrons. The maximum Gasteiger partial charge on any atom is 0.307 e. The Bertz CT molecular complexity index is 1260. The van der Waals surface area contributed by atoms with Crippen molar-refractivity contribution < 1.29 is 12.0 Å². The average molecular weight is 686 g/mol. The third kappa shape index (κ3) is 4.91. The van der Waals surface area contributed by atoms with Gasteiger partial charge in [0, 0.05) is 21.8 Å². The fourth-order valence-electron chi connectivity index (χ4n) is 3.27. The molecular formula is C25H20I2O3S2. The molecule has 0 aliphatic carbocycles. The maximum absolute atomic E-state index is 13.6. The molecule has 0 saturated heterocycles. The summed E-state index contributed by atoms with van der Waals surface area (Å²) in [5.74, 6) is 0. The quantitative estimate of drug-likeness (QED) is 0.195. The predicted molar refractivity (Wildman–Crippen MR) is 147 cm³/mol. The lowest BCUT2D eigenvalue weighted by Gasteiger charge is -2.39. The average Bonchev–Trinajstić information content (AvgIpc) is 2.79. The standard InChI is InChI=1S/C25H20I2O3S2/c1-19-7-13-25(14-8-19)32(28,29)30-31(22-5-3-2-4-6-22,23-15-9-20(26)10-16-23)24-17-11-21(27)12-18-24/h2-18H,1H3. The summed E-state index contributed by atoms with van der Waals surface area (Å²) in [4.78, 5) is 2.60. The van der Waals surface area contributed by atoms with E-state index in [1.807, 2.05) is 85.8 Å². The molecule has 0 unspecified atom stereocenters. The summed E-state index contributed by atoms with van der Waals surface area (Å²) >= 11 is 4.50. The lowest BCUT2D eigenvalue weighted by molar-refractivity contribution is 0.508. The molecule has 3 nitrogen and oxygen atoms in total. The van der Waals surface area contributed by atoms with Gasteiger partial charge < -0.3 is 0 Å². The molecule has 164 valence electrons.